The molecule has 3 N–H and O–H groups in total. The van der Waals surface area contributed by atoms with Gasteiger partial charge in [-0.25, -0.2) is 0 Å². The molecule has 6 heteroatoms. The van der Waals surface area contributed by atoms with Gasteiger partial charge >= 0.3 is 0 Å². The number of hydrazine groups is 1. The second-order valence-corrected chi connectivity index (χ2v) is 5.86. The molecule has 24 heavy (non-hydrogen) atoms. The molecule has 1 amide bonds. The molecule has 0 fully saturated rings. The summed E-state index contributed by atoms with van der Waals surface area (Å²) in [6.07, 6.45) is 0. The quantitative estimate of drug-likeness (QED) is 0.575. The minimum absolute atomic E-state index is 0.110. The summed E-state index contributed by atoms with van der Waals surface area (Å²) in [5.74, 6) is 0.340. The highest BCUT2D eigenvalue weighted by atomic mass is 32.1. The number of para-hydroxylation sites is 1. The van der Waals surface area contributed by atoms with Crippen molar-refractivity contribution in [1.29, 1.82) is 0 Å². The van der Waals surface area contributed by atoms with Crippen LogP contribution in [0.1, 0.15) is 13.8 Å². The summed E-state index contributed by atoms with van der Waals surface area (Å²) in [5, 5.41) is 3.33. The van der Waals surface area contributed by atoms with Crippen molar-refractivity contribution in [2.24, 2.45) is 0 Å². The topological polar surface area (TPSA) is 62.4 Å². The summed E-state index contributed by atoms with van der Waals surface area (Å²) in [6, 6.07) is 17.7. The molecule has 0 bridgehead atoms. The number of carbonyl (C=O) groups excluding carboxylic acids is 1. The fourth-order valence-corrected chi connectivity index (χ4v) is 2.34. The van der Waals surface area contributed by atoms with E-state index in [-0.39, 0.29) is 18.6 Å². The first-order valence-corrected chi connectivity index (χ1v) is 8.09. The molecule has 126 valence electrons. The number of benzene rings is 2. The Morgan fingerprint density at radius 1 is 1.04 bits per heavy atom. The SMILES string of the molecule is CC(C)NC(=S)NNC(=O)COc1ccccc1-c1ccccc1. The van der Waals surface area contributed by atoms with Gasteiger partial charge in [-0.05, 0) is 37.7 Å². The van der Waals surface area contributed by atoms with Crippen molar-refractivity contribution < 1.29 is 9.53 Å². The lowest BCUT2D eigenvalue weighted by Gasteiger charge is -2.15. The number of hydrogen-bond acceptors (Lipinski definition) is 3. The normalized spacial score (nSPS) is 10.1. The van der Waals surface area contributed by atoms with Crippen molar-refractivity contribution in [3.63, 3.8) is 0 Å². The van der Waals surface area contributed by atoms with E-state index < -0.39 is 0 Å². The molecular weight excluding hydrogens is 322 g/mol. The average Bonchev–Trinajstić information content (AvgIpc) is 2.58. The monoisotopic (exact) mass is 343 g/mol. The fourth-order valence-electron chi connectivity index (χ4n) is 2.05. The summed E-state index contributed by atoms with van der Waals surface area (Å²) in [4.78, 5) is 11.9. The molecular formula is C18H21N3O2S. The molecule has 2 aromatic rings. The van der Waals surface area contributed by atoms with Crippen LogP contribution in [0.15, 0.2) is 54.6 Å². The third kappa shape index (κ3) is 5.55. The Balaban J connectivity index is 1.91. The van der Waals surface area contributed by atoms with Gasteiger partial charge in [-0.3, -0.25) is 15.6 Å². The van der Waals surface area contributed by atoms with Crippen LogP contribution in [0.4, 0.5) is 0 Å². The van der Waals surface area contributed by atoms with Crippen molar-refractivity contribution in [3.8, 4) is 16.9 Å². The van der Waals surface area contributed by atoms with Gasteiger partial charge in [0.05, 0.1) is 0 Å². The third-order valence-corrected chi connectivity index (χ3v) is 3.29. The zero-order chi connectivity index (χ0) is 17.4. The van der Waals surface area contributed by atoms with Gasteiger partial charge < -0.3 is 10.1 Å². The molecule has 0 unspecified atom stereocenters. The van der Waals surface area contributed by atoms with Crippen LogP contribution >= 0.6 is 12.2 Å². The predicted octanol–water partition coefficient (Wildman–Crippen LogP) is 2.64. The van der Waals surface area contributed by atoms with Crippen LogP contribution in [-0.4, -0.2) is 23.7 Å². The maximum absolute atomic E-state index is 11.9. The molecule has 2 aromatic carbocycles. The molecule has 2 rings (SSSR count). The van der Waals surface area contributed by atoms with E-state index in [1.54, 1.807) is 0 Å². The first kappa shape index (κ1) is 17.7. The minimum atomic E-state index is -0.314. The van der Waals surface area contributed by atoms with E-state index in [0.29, 0.717) is 10.9 Å². The lowest BCUT2D eigenvalue weighted by Crippen LogP contribution is -2.49. The van der Waals surface area contributed by atoms with E-state index in [1.165, 1.54) is 0 Å². The van der Waals surface area contributed by atoms with Gasteiger partial charge in [0.2, 0.25) is 0 Å². The lowest BCUT2D eigenvalue weighted by molar-refractivity contribution is -0.123. The van der Waals surface area contributed by atoms with Gasteiger partial charge in [-0.1, -0.05) is 48.5 Å². The van der Waals surface area contributed by atoms with Gasteiger partial charge in [0.1, 0.15) is 5.75 Å². The number of rotatable bonds is 5. The minimum Gasteiger partial charge on any atom is -0.483 e. The van der Waals surface area contributed by atoms with Crippen LogP contribution in [0.25, 0.3) is 11.1 Å². The van der Waals surface area contributed by atoms with Crippen molar-refractivity contribution in [2.45, 2.75) is 19.9 Å². The number of hydrogen-bond donors (Lipinski definition) is 3. The zero-order valence-corrected chi connectivity index (χ0v) is 14.5. The summed E-state index contributed by atoms with van der Waals surface area (Å²) < 4.78 is 5.65. The summed E-state index contributed by atoms with van der Waals surface area (Å²) in [7, 11) is 0. The zero-order valence-electron chi connectivity index (χ0n) is 13.7. The first-order chi connectivity index (χ1) is 11.6. The molecule has 0 aliphatic carbocycles. The maximum Gasteiger partial charge on any atom is 0.276 e. The Labute approximate surface area is 147 Å². The molecule has 0 spiro atoms. The van der Waals surface area contributed by atoms with E-state index in [1.807, 2.05) is 68.4 Å². The van der Waals surface area contributed by atoms with Crippen LogP contribution in [-0.2, 0) is 4.79 Å². The van der Waals surface area contributed by atoms with Crippen molar-refractivity contribution in [1.82, 2.24) is 16.2 Å². The van der Waals surface area contributed by atoms with Gasteiger partial charge in [0, 0.05) is 11.6 Å². The first-order valence-electron chi connectivity index (χ1n) is 7.69. The van der Waals surface area contributed by atoms with Crippen LogP contribution in [0, 0.1) is 0 Å². The van der Waals surface area contributed by atoms with Gasteiger partial charge in [-0.2, -0.15) is 0 Å². The molecule has 0 heterocycles. The van der Waals surface area contributed by atoms with E-state index in [0.717, 1.165) is 11.1 Å². The Kier molecular flexibility index (Phi) is 6.57. The van der Waals surface area contributed by atoms with Crippen molar-refractivity contribution in [2.75, 3.05) is 6.61 Å². The molecule has 0 aliphatic heterocycles. The lowest BCUT2D eigenvalue weighted by atomic mass is 10.1. The highest BCUT2D eigenvalue weighted by Gasteiger charge is 2.08. The molecule has 0 aliphatic rings. The molecule has 0 saturated heterocycles. The van der Waals surface area contributed by atoms with E-state index >= 15 is 0 Å². The van der Waals surface area contributed by atoms with Gasteiger partial charge in [0.25, 0.3) is 5.91 Å². The predicted molar refractivity (Wildman–Crippen MR) is 99.5 cm³/mol. The number of nitrogens with one attached hydrogen (secondary N) is 3. The second kappa shape index (κ2) is 8.88. The second-order valence-electron chi connectivity index (χ2n) is 5.45. The Bertz CT molecular complexity index is 690. The van der Waals surface area contributed by atoms with E-state index in [4.69, 9.17) is 17.0 Å². The van der Waals surface area contributed by atoms with E-state index in [9.17, 15) is 4.79 Å². The fraction of sp³-hybridized carbons (Fsp3) is 0.222. The molecule has 0 atom stereocenters. The third-order valence-electron chi connectivity index (χ3n) is 3.07. The van der Waals surface area contributed by atoms with Gasteiger partial charge in [-0.15, -0.1) is 0 Å². The summed E-state index contributed by atoms with van der Waals surface area (Å²) >= 11 is 5.03. The molecule has 0 saturated carbocycles. The van der Waals surface area contributed by atoms with Crippen LogP contribution in [0.3, 0.4) is 0 Å². The number of amides is 1. The Morgan fingerprint density at radius 3 is 2.42 bits per heavy atom. The average molecular weight is 343 g/mol. The largest absolute Gasteiger partial charge is 0.483 e. The Hall–Kier alpha value is -2.60. The molecule has 0 radical (unpaired) electrons. The number of ether oxygens (including phenoxy) is 1. The van der Waals surface area contributed by atoms with Gasteiger partial charge in [0.15, 0.2) is 11.7 Å². The number of carbonyl (C=O) groups is 1. The summed E-state index contributed by atoms with van der Waals surface area (Å²) in [5.41, 5.74) is 7.11. The van der Waals surface area contributed by atoms with Crippen LogP contribution in [0.2, 0.25) is 0 Å². The standard InChI is InChI=1S/C18H21N3O2S/c1-13(2)19-18(24)21-20-17(22)12-23-16-11-7-6-10-15(16)14-8-4-3-5-9-14/h3-11,13H,12H2,1-2H3,(H,20,22)(H2,19,21,24). The van der Waals surface area contributed by atoms with Crippen LogP contribution < -0.4 is 20.9 Å². The maximum atomic E-state index is 11.9. The highest BCUT2D eigenvalue weighted by Crippen LogP contribution is 2.29. The summed E-state index contributed by atoms with van der Waals surface area (Å²) in [6.45, 7) is 3.81. The molecule has 0 aromatic heterocycles. The Morgan fingerprint density at radius 2 is 1.71 bits per heavy atom. The number of thiocarbonyl (C=S) groups is 1. The smallest absolute Gasteiger partial charge is 0.276 e. The molecule has 5 nitrogen and oxygen atoms in total. The van der Waals surface area contributed by atoms with Crippen LogP contribution in [0.5, 0.6) is 5.75 Å². The van der Waals surface area contributed by atoms with Crippen molar-refractivity contribution >= 4 is 23.2 Å². The highest BCUT2D eigenvalue weighted by molar-refractivity contribution is 7.80. The van der Waals surface area contributed by atoms with E-state index in [2.05, 4.69) is 16.2 Å². The van der Waals surface area contributed by atoms with Crippen molar-refractivity contribution in [3.05, 3.63) is 54.6 Å².